The highest BCUT2D eigenvalue weighted by molar-refractivity contribution is 7.77. The van der Waals surface area contributed by atoms with Gasteiger partial charge in [0.2, 0.25) is 0 Å². The first kappa shape index (κ1) is 22.7. The fourth-order valence-electron chi connectivity index (χ4n) is 3.09. The highest BCUT2D eigenvalue weighted by atomic mass is 35.5. The summed E-state index contributed by atoms with van der Waals surface area (Å²) in [5, 5.41) is 15.0. The van der Waals surface area contributed by atoms with Crippen LogP contribution in [-0.2, 0) is 17.8 Å². The van der Waals surface area contributed by atoms with E-state index in [2.05, 4.69) is 10.0 Å². The number of hydrogen-bond acceptors (Lipinski definition) is 6. The van der Waals surface area contributed by atoms with Crippen molar-refractivity contribution in [3.8, 4) is 5.75 Å². The zero-order valence-corrected chi connectivity index (χ0v) is 18.3. The van der Waals surface area contributed by atoms with E-state index in [1.54, 1.807) is 18.2 Å². The maximum Gasteiger partial charge on any atom is 0.138 e. The smallest absolute Gasteiger partial charge is 0.138 e. The van der Waals surface area contributed by atoms with Gasteiger partial charge in [0.1, 0.15) is 23.7 Å². The van der Waals surface area contributed by atoms with Gasteiger partial charge < -0.3 is 24.1 Å². The minimum atomic E-state index is -2.38. The molecular formula is C21H24ClN2O5S-. The summed E-state index contributed by atoms with van der Waals surface area (Å²) in [4.78, 5) is 0. The largest absolute Gasteiger partial charge is 0.760 e. The second-order valence-electron chi connectivity index (χ2n) is 6.92. The number of halogens is 1. The summed E-state index contributed by atoms with van der Waals surface area (Å²) in [6, 6.07) is 10.8. The number of aliphatic hydroxyl groups excluding tert-OH is 1. The number of ether oxygens (including phenoxy) is 1. The van der Waals surface area contributed by atoms with Gasteiger partial charge in [0.25, 0.3) is 0 Å². The molecule has 9 heteroatoms. The molecule has 0 spiro atoms. The molecule has 0 saturated carbocycles. The van der Waals surface area contributed by atoms with E-state index >= 15 is 0 Å². The van der Waals surface area contributed by atoms with E-state index in [-0.39, 0.29) is 6.54 Å². The molecule has 3 N–H and O–H groups in total. The van der Waals surface area contributed by atoms with Crippen LogP contribution < -0.4 is 14.8 Å². The number of aliphatic hydroxyl groups is 1. The molecule has 3 aromatic rings. The number of aryl methyl sites for hydroxylation is 2. The number of nitrogens with one attached hydrogen (secondary N) is 2. The minimum Gasteiger partial charge on any atom is -0.760 e. The second kappa shape index (κ2) is 10.4. The van der Waals surface area contributed by atoms with Crippen LogP contribution in [0.25, 0.3) is 11.0 Å². The molecule has 1 heterocycles. The van der Waals surface area contributed by atoms with E-state index < -0.39 is 17.4 Å². The van der Waals surface area contributed by atoms with Crippen LogP contribution in [0.1, 0.15) is 28.6 Å². The molecule has 2 aromatic carbocycles. The molecule has 0 aliphatic heterocycles. The Morgan fingerprint density at radius 1 is 1.27 bits per heavy atom. The Labute approximate surface area is 182 Å². The third kappa shape index (κ3) is 5.81. The maximum absolute atomic E-state index is 10.7. The standard InChI is InChI=1S/C21H25ClN2O5S/c1-13-14(2)29-21-10-17(4-5-18(13)21)28-8-7-23-12-20(25)15-3-6-19(22)16(9-15)11-24-30(26)27/h3-6,9-10,20,23-25H,7-8,11-12H2,1-2H3,(H,26,27)/p-1. The summed E-state index contributed by atoms with van der Waals surface area (Å²) in [6.07, 6.45) is -0.760. The highest BCUT2D eigenvalue weighted by Gasteiger charge is 2.11. The topological polar surface area (TPSA) is 107 Å². The van der Waals surface area contributed by atoms with Gasteiger partial charge in [-0.15, -0.1) is 0 Å². The normalized spacial score (nSPS) is 13.5. The first-order valence-corrected chi connectivity index (χ1v) is 10.9. The Kier molecular flexibility index (Phi) is 7.87. The second-order valence-corrected chi connectivity index (χ2v) is 8.08. The van der Waals surface area contributed by atoms with Gasteiger partial charge in [-0.2, -0.15) is 0 Å². The fourth-order valence-corrected chi connectivity index (χ4v) is 3.55. The molecule has 0 amide bonds. The number of fused-ring (bicyclic) bond motifs is 1. The average molecular weight is 452 g/mol. The van der Waals surface area contributed by atoms with Crippen molar-refractivity contribution in [3.05, 3.63) is 63.9 Å². The summed E-state index contributed by atoms with van der Waals surface area (Å²) in [5.41, 5.74) is 3.18. The van der Waals surface area contributed by atoms with Crippen molar-refractivity contribution in [1.82, 2.24) is 10.0 Å². The first-order chi connectivity index (χ1) is 14.3. The van der Waals surface area contributed by atoms with Gasteiger partial charge in [-0.3, -0.25) is 4.21 Å². The van der Waals surface area contributed by atoms with Gasteiger partial charge in [0.15, 0.2) is 0 Å². The van der Waals surface area contributed by atoms with Crippen molar-refractivity contribution in [3.63, 3.8) is 0 Å². The average Bonchev–Trinajstić information content (AvgIpc) is 3.00. The summed E-state index contributed by atoms with van der Waals surface area (Å²) in [5.74, 6) is 1.63. The quantitative estimate of drug-likeness (QED) is 0.322. The van der Waals surface area contributed by atoms with Crippen LogP contribution >= 0.6 is 11.6 Å². The SMILES string of the molecule is Cc1oc2cc(OCCNCC(O)c3ccc(Cl)c(CNS(=O)[O-])c3)ccc2c1C. The van der Waals surface area contributed by atoms with Crippen LogP contribution in [0, 0.1) is 13.8 Å². The highest BCUT2D eigenvalue weighted by Crippen LogP contribution is 2.28. The van der Waals surface area contributed by atoms with Gasteiger partial charge in [-0.05, 0) is 48.7 Å². The van der Waals surface area contributed by atoms with E-state index in [0.29, 0.717) is 35.8 Å². The molecule has 3 rings (SSSR count). The van der Waals surface area contributed by atoms with Crippen LogP contribution in [0.5, 0.6) is 5.75 Å². The molecule has 30 heavy (non-hydrogen) atoms. The molecule has 162 valence electrons. The van der Waals surface area contributed by atoms with Crippen molar-refractivity contribution < 1.29 is 23.0 Å². The van der Waals surface area contributed by atoms with Crippen LogP contribution in [0.3, 0.4) is 0 Å². The molecule has 2 unspecified atom stereocenters. The Bertz CT molecular complexity index is 1040. The number of furan rings is 1. The molecule has 0 fully saturated rings. The molecule has 0 aliphatic rings. The van der Waals surface area contributed by atoms with Gasteiger partial charge >= 0.3 is 0 Å². The van der Waals surface area contributed by atoms with Gasteiger partial charge in [-0.25, -0.2) is 4.72 Å². The summed E-state index contributed by atoms with van der Waals surface area (Å²) >= 11 is 3.70. The monoisotopic (exact) mass is 451 g/mol. The lowest BCUT2D eigenvalue weighted by molar-refractivity contribution is 0.172. The van der Waals surface area contributed by atoms with Crippen LogP contribution in [0.15, 0.2) is 40.8 Å². The van der Waals surface area contributed by atoms with Crippen LogP contribution in [-0.4, -0.2) is 33.6 Å². The summed E-state index contributed by atoms with van der Waals surface area (Å²) in [6.45, 7) is 5.33. The Morgan fingerprint density at radius 3 is 2.83 bits per heavy atom. The van der Waals surface area contributed by atoms with E-state index in [4.69, 9.17) is 20.8 Å². The van der Waals surface area contributed by atoms with Gasteiger partial charge in [-0.1, -0.05) is 23.7 Å². The van der Waals surface area contributed by atoms with E-state index in [9.17, 15) is 13.9 Å². The van der Waals surface area contributed by atoms with Gasteiger partial charge in [0.05, 0.1) is 6.10 Å². The Morgan fingerprint density at radius 2 is 2.07 bits per heavy atom. The lowest BCUT2D eigenvalue weighted by atomic mass is 10.1. The summed E-state index contributed by atoms with van der Waals surface area (Å²) in [7, 11) is 0. The zero-order chi connectivity index (χ0) is 21.7. The fraction of sp³-hybridized carbons (Fsp3) is 0.333. The Balaban J connectivity index is 1.46. The first-order valence-electron chi connectivity index (χ1n) is 9.47. The van der Waals surface area contributed by atoms with Crippen LogP contribution in [0.4, 0.5) is 0 Å². The zero-order valence-electron chi connectivity index (χ0n) is 16.7. The number of rotatable bonds is 10. The third-order valence-corrected chi connectivity index (χ3v) is 5.62. The molecule has 0 saturated heterocycles. The van der Waals surface area contributed by atoms with Crippen molar-refractivity contribution in [2.24, 2.45) is 0 Å². The van der Waals surface area contributed by atoms with E-state index in [1.165, 1.54) is 0 Å². The third-order valence-electron chi connectivity index (χ3n) is 4.87. The molecule has 0 radical (unpaired) electrons. The predicted octanol–water partition coefficient (Wildman–Crippen LogP) is 3.29. The van der Waals surface area contributed by atoms with E-state index in [1.807, 2.05) is 32.0 Å². The predicted molar refractivity (Wildman–Crippen MR) is 116 cm³/mol. The van der Waals surface area contributed by atoms with Crippen molar-refractivity contribution in [1.29, 1.82) is 0 Å². The molecule has 1 aromatic heterocycles. The molecule has 0 aliphatic carbocycles. The molecule has 7 nitrogen and oxygen atoms in total. The summed E-state index contributed by atoms with van der Waals surface area (Å²) < 4.78 is 35.1. The number of hydrogen-bond donors (Lipinski definition) is 3. The van der Waals surface area contributed by atoms with Gasteiger partial charge in [0, 0.05) is 47.4 Å². The van der Waals surface area contributed by atoms with Crippen LogP contribution in [0.2, 0.25) is 5.02 Å². The maximum atomic E-state index is 10.7. The lowest BCUT2D eigenvalue weighted by Gasteiger charge is -2.15. The van der Waals surface area contributed by atoms with Crippen molar-refractivity contribution >= 4 is 33.8 Å². The van der Waals surface area contributed by atoms with E-state index in [0.717, 1.165) is 28.0 Å². The Hall–Kier alpha value is -1.94. The number of benzene rings is 2. The van der Waals surface area contributed by atoms with Crippen molar-refractivity contribution in [2.75, 3.05) is 19.7 Å². The molecular weight excluding hydrogens is 428 g/mol. The lowest BCUT2D eigenvalue weighted by Crippen LogP contribution is -2.26. The molecule has 2 atom stereocenters. The molecule has 0 bridgehead atoms. The van der Waals surface area contributed by atoms with Crippen molar-refractivity contribution in [2.45, 2.75) is 26.5 Å². The minimum absolute atomic E-state index is 0.0653.